The second-order valence-corrected chi connectivity index (χ2v) is 6.60. The zero-order chi connectivity index (χ0) is 14.5. The summed E-state index contributed by atoms with van der Waals surface area (Å²) in [6.45, 7) is 0.861. The van der Waals surface area contributed by atoms with Crippen molar-refractivity contribution in [3.05, 3.63) is 64.4 Å². The van der Waals surface area contributed by atoms with Gasteiger partial charge in [-0.15, -0.1) is 0 Å². The molecule has 3 rings (SSSR count). The van der Waals surface area contributed by atoms with Crippen molar-refractivity contribution in [3.63, 3.8) is 0 Å². The van der Waals surface area contributed by atoms with E-state index >= 15 is 0 Å². The molecule has 1 aromatic carbocycles. The molecule has 0 bridgehead atoms. The van der Waals surface area contributed by atoms with Gasteiger partial charge >= 0.3 is 0 Å². The third-order valence-electron chi connectivity index (χ3n) is 4.34. The smallest absolute Gasteiger partial charge is 0.106 e. The average molecular weight is 345 g/mol. The largest absolute Gasteiger partial charge is 0.308 e. The molecule has 1 aliphatic rings. The minimum absolute atomic E-state index is 0.630. The van der Waals surface area contributed by atoms with Crippen LogP contribution in [0.15, 0.2) is 53.1 Å². The van der Waals surface area contributed by atoms with Crippen LogP contribution in [0.4, 0.5) is 0 Å². The van der Waals surface area contributed by atoms with Crippen molar-refractivity contribution in [2.75, 3.05) is 0 Å². The average Bonchev–Trinajstić information content (AvgIpc) is 2.54. The quantitative estimate of drug-likeness (QED) is 0.815. The second kappa shape index (κ2) is 7.19. The molecule has 0 saturated heterocycles. The molecule has 0 amide bonds. The number of aromatic nitrogens is 1. The van der Waals surface area contributed by atoms with Gasteiger partial charge in [0.2, 0.25) is 0 Å². The van der Waals surface area contributed by atoms with Crippen LogP contribution in [0.2, 0.25) is 0 Å². The number of rotatable bonds is 4. The van der Waals surface area contributed by atoms with E-state index in [4.69, 9.17) is 0 Å². The van der Waals surface area contributed by atoms with Crippen LogP contribution < -0.4 is 5.32 Å². The Labute approximate surface area is 135 Å². The zero-order valence-corrected chi connectivity index (χ0v) is 13.7. The van der Waals surface area contributed by atoms with E-state index in [0.717, 1.165) is 22.8 Å². The van der Waals surface area contributed by atoms with Gasteiger partial charge in [0.05, 0.1) is 5.69 Å². The molecule has 1 heterocycles. The fraction of sp³-hybridized carbons (Fsp3) is 0.389. The highest BCUT2D eigenvalue weighted by Crippen LogP contribution is 2.32. The summed E-state index contributed by atoms with van der Waals surface area (Å²) < 4.78 is 0.912. The number of halogens is 1. The van der Waals surface area contributed by atoms with Gasteiger partial charge < -0.3 is 5.32 Å². The van der Waals surface area contributed by atoms with Crippen LogP contribution in [-0.4, -0.2) is 11.0 Å². The molecule has 3 heteroatoms. The highest BCUT2D eigenvalue weighted by atomic mass is 79.9. The Bertz CT molecular complexity index is 562. The molecule has 2 nitrogen and oxygen atoms in total. The molecule has 110 valence electrons. The van der Waals surface area contributed by atoms with Gasteiger partial charge in [-0.2, -0.15) is 0 Å². The Morgan fingerprint density at radius 1 is 0.952 bits per heavy atom. The first-order valence-corrected chi connectivity index (χ1v) is 8.50. The van der Waals surface area contributed by atoms with E-state index in [1.54, 1.807) is 0 Å². The van der Waals surface area contributed by atoms with Crippen molar-refractivity contribution in [1.82, 2.24) is 10.3 Å². The number of hydrogen-bond acceptors (Lipinski definition) is 2. The molecule has 0 atom stereocenters. The Morgan fingerprint density at radius 3 is 2.43 bits per heavy atom. The maximum atomic E-state index is 4.47. The van der Waals surface area contributed by atoms with Gasteiger partial charge in [-0.05, 0) is 65.2 Å². The standard InChI is InChI=1S/C18H21BrN2/c19-18-8-4-7-17(21-18)13-20-16-11-9-15(10-12-16)14-5-2-1-3-6-14/h1-8,15-16,20H,9-13H2. The van der Waals surface area contributed by atoms with Crippen LogP contribution in [0.25, 0.3) is 0 Å². The molecule has 1 aromatic heterocycles. The summed E-state index contributed by atoms with van der Waals surface area (Å²) in [6, 6.07) is 17.7. The summed E-state index contributed by atoms with van der Waals surface area (Å²) in [6.07, 6.45) is 5.09. The topological polar surface area (TPSA) is 24.9 Å². The van der Waals surface area contributed by atoms with Crippen molar-refractivity contribution in [3.8, 4) is 0 Å². The lowest BCUT2D eigenvalue weighted by molar-refractivity contribution is 0.340. The normalized spacial score (nSPS) is 22.1. The van der Waals surface area contributed by atoms with Crippen molar-refractivity contribution in [1.29, 1.82) is 0 Å². The van der Waals surface area contributed by atoms with Crippen LogP contribution >= 0.6 is 15.9 Å². The molecule has 21 heavy (non-hydrogen) atoms. The lowest BCUT2D eigenvalue weighted by Gasteiger charge is -2.29. The lowest BCUT2D eigenvalue weighted by atomic mass is 9.82. The highest BCUT2D eigenvalue weighted by molar-refractivity contribution is 9.10. The molecule has 1 N–H and O–H groups in total. The minimum Gasteiger partial charge on any atom is -0.308 e. The van der Waals surface area contributed by atoms with Crippen molar-refractivity contribution in [2.45, 2.75) is 44.2 Å². The van der Waals surface area contributed by atoms with Crippen molar-refractivity contribution in [2.24, 2.45) is 0 Å². The van der Waals surface area contributed by atoms with Gasteiger partial charge in [-0.25, -0.2) is 4.98 Å². The Hall–Kier alpha value is -1.19. The van der Waals surface area contributed by atoms with E-state index in [1.807, 2.05) is 12.1 Å². The molecule has 1 aliphatic carbocycles. The summed E-state index contributed by atoms with van der Waals surface area (Å²) in [4.78, 5) is 4.47. The van der Waals surface area contributed by atoms with Gasteiger partial charge in [0.1, 0.15) is 4.60 Å². The van der Waals surface area contributed by atoms with Gasteiger partial charge in [-0.1, -0.05) is 36.4 Å². The molecule has 0 unspecified atom stereocenters. The second-order valence-electron chi connectivity index (χ2n) is 5.79. The molecule has 1 saturated carbocycles. The maximum absolute atomic E-state index is 4.47. The molecule has 0 aliphatic heterocycles. The predicted molar refractivity (Wildman–Crippen MR) is 90.2 cm³/mol. The number of pyridine rings is 1. The number of hydrogen-bond donors (Lipinski definition) is 1. The van der Waals surface area contributed by atoms with E-state index in [9.17, 15) is 0 Å². The van der Waals surface area contributed by atoms with Crippen LogP contribution in [0, 0.1) is 0 Å². The SMILES string of the molecule is Brc1cccc(CNC2CCC(c3ccccc3)CC2)n1. The molecule has 0 radical (unpaired) electrons. The Kier molecular flexibility index (Phi) is 5.04. The van der Waals surface area contributed by atoms with E-state index in [-0.39, 0.29) is 0 Å². The van der Waals surface area contributed by atoms with Crippen LogP contribution in [0.1, 0.15) is 42.9 Å². The Balaban J connectivity index is 1.48. The third-order valence-corrected chi connectivity index (χ3v) is 4.78. The van der Waals surface area contributed by atoms with Crippen LogP contribution in [0.5, 0.6) is 0 Å². The van der Waals surface area contributed by atoms with E-state index in [1.165, 1.54) is 31.2 Å². The van der Waals surface area contributed by atoms with E-state index in [2.05, 4.69) is 62.6 Å². The fourth-order valence-corrected chi connectivity index (χ4v) is 3.53. The summed E-state index contributed by atoms with van der Waals surface area (Å²) in [5.41, 5.74) is 2.61. The fourth-order valence-electron chi connectivity index (χ4n) is 3.15. The van der Waals surface area contributed by atoms with Crippen LogP contribution in [0.3, 0.4) is 0 Å². The Morgan fingerprint density at radius 2 is 1.71 bits per heavy atom. The molecule has 2 aromatic rings. The van der Waals surface area contributed by atoms with Crippen molar-refractivity contribution < 1.29 is 0 Å². The zero-order valence-electron chi connectivity index (χ0n) is 12.1. The number of nitrogens with one attached hydrogen (secondary N) is 1. The first kappa shape index (κ1) is 14.7. The van der Waals surface area contributed by atoms with Gasteiger partial charge in [-0.3, -0.25) is 0 Å². The van der Waals surface area contributed by atoms with E-state index < -0.39 is 0 Å². The number of benzene rings is 1. The number of nitrogens with zero attached hydrogens (tertiary/aromatic N) is 1. The first-order valence-electron chi connectivity index (χ1n) is 7.71. The molecule has 0 spiro atoms. The molecule has 1 fully saturated rings. The lowest BCUT2D eigenvalue weighted by Crippen LogP contribution is -2.32. The first-order chi connectivity index (χ1) is 10.3. The summed E-state index contributed by atoms with van der Waals surface area (Å²) in [5, 5.41) is 3.65. The minimum atomic E-state index is 0.630. The summed E-state index contributed by atoms with van der Waals surface area (Å²) >= 11 is 3.42. The van der Waals surface area contributed by atoms with Crippen molar-refractivity contribution >= 4 is 15.9 Å². The maximum Gasteiger partial charge on any atom is 0.106 e. The predicted octanol–water partition coefficient (Wildman–Crippen LogP) is 4.66. The summed E-state index contributed by atoms with van der Waals surface area (Å²) in [5.74, 6) is 0.744. The van der Waals surface area contributed by atoms with Gasteiger partial charge in [0.15, 0.2) is 0 Å². The van der Waals surface area contributed by atoms with Gasteiger partial charge in [0.25, 0.3) is 0 Å². The highest BCUT2D eigenvalue weighted by Gasteiger charge is 2.21. The molecular formula is C18H21BrN2. The van der Waals surface area contributed by atoms with Crippen LogP contribution in [-0.2, 0) is 6.54 Å². The summed E-state index contributed by atoms with van der Waals surface area (Å²) in [7, 11) is 0. The monoisotopic (exact) mass is 344 g/mol. The van der Waals surface area contributed by atoms with E-state index in [0.29, 0.717) is 6.04 Å². The molecular weight excluding hydrogens is 324 g/mol. The van der Waals surface area contributed by atoms with Gasteiger partial charge in [0, 0.05) is 12.6 Å². The third kappa shape index (κ3) is 4.14.